The van der Waals surface area contributed by atoms with Crippen LogP contribution < -0.4 is 15.5 Å². The summed E-state index contributed by atoms with van der Waals surface area (Å²) in [5.74, 6) is 2.62. The van der Waals surface area contributed by atoms with Gasteiger partial charge in [0.2, 0.25) is 11.8 Å². The second-order valence-corrected chi connectivity index (χ2v) is 8.70. The first-order valence-corrected chi connectivity index (χ1v) is 10.5. The SMILES string of the molecule is C[C@H](Nc1ccc(N2CCCC2=O)cc1)C(=O)N[C@H](C)[C@H]1C[C@H]2CC[C@H]1C2. The van der Waals surface area contributed by atoms with Crippen LogP contribution in [0.4, 0.5) is 11.4 Å². The molecule has 27 heavy (non-hydrogen) atoms. The predicted molar refractivity (Wildman–Crippen MR) is 108 cm³/mol. The maximum Gasteiger partial charge on any atom is 0.242 e. The van der Waals surface area contributed by atoms with Gasteiger partial charge in [-0.2, -0.15) is 0 Å². The Kier molecular flexibility index (Phi) is 5.11. The smallest absolute Gasteiger partial charge is 0.242 e. The molecule has 2 N–H and O–H groups in total. The van der Waals surface area contributed by atoms with Crippen LogP contribution in [0.2, 0.25) is 0 Å². The van der Waals surface area contributed by atoms with E-state index in [1.54, 1.807) is 0 Å². The number of hydrogen-bond acceptors (Lipinski definition) is 3. The molecule has 1 aromatic carbocycles. The number of amides is 2. The summed E-state index contributed by atoms with van der Waals surface area (Å²) < 4.78 is 0. The molecule has 4 rings (SSSR count). The van der Waals surface area contributed by atoms with Crippen LogP contribution in [0.3, 0.4) is 0 Å². The van der Waals surface area contributed by atoms with Gasteiger partial charge in [-0.15, -0.1) is 0 Å². The maximum absolute atomic E-state index is 12.6. The molecule has 0 unspecified atom stereocenters. The monoisotopic (exact) mass is 369 g/mol. The van der Waals surface area contributed by atoms with Gasteiger partial charge in [0, 0.05) is 30.4 Å². The van der Waals surface area contributed by atoms with Gasteiger partial charge in [-0.1, -0.05) is 6.42 Å². The summed E-state index contributed by atoms with van der Waals surface area (Å²) in [4.78, 5) is 26.3. The number of carbonyl (C=O) groups excluding carboxylic acids is 2. The Morgan fingerprint density at radius 2 is 1.93 bits per heavy atom. The van der Waals surface area contributed by atoms with Crippen LogP contribution in [-0.4, -0.2) is 30.4 Å². The molecular formula is C22H31N3O2. The molecule has 146 valence electrons. The fourth-order valence-corrected chi connectivity index (χ4v) is 5.34. The summed E-state index contributed by atoms with van der Waals surface area (Å²) in [5, 5.41) is 6.52. The molecule has 0 radical (unpaired) electrons. The van der Waals surface area contributed by atoms with E-state index in [-0.39, 0.29) is 23.9 Å². The predicted octanol–water partition coefficient (Wildman–Crippen LogP) is 3.55. The second-order valence-electron chi connectivity index (χ2n) is 8.70. The molecule has 5 atom stereocenters. The highest BCUT2D eigenvalue weighted by molar-refractivity contribution is 5.95. The Morgan fingerprint density at radius 3 is 2.52 bits per heavy atom. The van der Waals surface area contributed by atoms with E-state index in [1.165, 1.54) is 25.7 Å². The molecule has 1 aliphatic heterocycles. The molecule has 2 saturated carbocycles. The minimum absolute atomic E-state index is 0.0593. The number of nitrogens with zero attached hydrogens (tertiary/aromatic N) is 1. The van der Waals surface area contributed by atoms with Crippen molar-refractivity contribution in [2.45, 2.75) is 64.5 Å². The number of benzene rings is 1. The van der Waals surface area contributed by atoms with Gasteiger partial charge in [-0.25, -0.2) is 0 Å². The van der Waals surface area contributed by atoms with Gasteiger partial charge in [-0.05, 0) is 81.5 Å². The summed E-state index contributed by atoms with van der Waals surface area (Å²) in [6, 6.07) is 7.77. The molecule has 5 heteroatoms. The number of anilines is 2. The van der Waals surface area contributed by atoms with Gasteiger partial charge < -0.3 is 15.5 Å². The van der Waals surface area contributed by atoms with Crippen molar-refractivity contribution in [3.8, 4) is 0 Å². The number of nitrogens with one attached hydrogen (secondary N) is 2. The standard InChI is InChI=1S/C22H31N3O2/c1-14(20-13-16-5-6-17(20)12-16)24-22(27)15(2)23-18-7-9-19(10-8-18)25-11-3-4-21(25)26/h7-10,14-17,20,23H,3-6,11-13H2,1-2H3,(H,24,27)/t14-,15+,16+,17+,20-/m1/s1. The van der Waals surface area contributed by atoms with Crippen LogP contribution in [0.25, 0.3) is 0 Å². The quantitative estimate of drug-likeness (QED) is 0.806. The topological polar surface area (TPSA) is 61.4 Å². The van der Waals surface area contributed by atoms with E-state index in [9.17, 15) is 9.59 Å². The van der Waals surface area contributed by atoms with Crippen LogP contribution >= 0.6 is 0 Å². The first kappa shape index (κ1) is 18.3. The van der Waals surface area contributed by atoms with E-state index in [0.29, 0.717) is 12.3 Å². The number of fused-ring (bicyclic) bond motifs is 2. The van der Waals surface area contributed by atoms with Crippen molar-refractivity contribution in [1.82, 2.24) is 5.32 Å². The second kappa shape index (κ2) is 7.53. The van der Waals surface area contributed by atoms with Crippen molar-refractivity contribution in [1.29, 1.82) is 0 Å². The molecule has 0 spiro atoms. The van der Waals surface area contributed by atoms with E-state index in [1.807, 2.05) is 36.1 Å². The molecule has 1 aromatic rings. The fraction of sp³-hybridized carbons (Fsp3) is 0.636. The summed E-state index contributed by atoms with van der Waals surface area (Å²) in [5.41, 5.74) is 1.84. The van der Waals surface area contributed by atoms with Gasteiger partial charge in [0.05, 0.1) is 0 Å². The highest BCUT2D eigenvalue weighted by Crippen LogP contribution is 2.49. The van der Waals surface area contributed by atoms with Crippen molar-refractivity contribution in [3.63, 3.8) is 0 Å². The first-order chi connectivity index (χ1) is 13.0. The zero-order chi connectivity index (χ0) is 19.0. The summed E-state index contributed by atoms with van der Waals surface area (Å²) in [6.07, 6.45) is 6.94. The van der Waals surface area contributed by atoms with E-state index in [2.05, 4.69) is 17.6 Å². The largest absolute Gasteiger partial charge is 0.374 e. The molecule has 5 nitrogen and oxygen atoms in total. The fourth-order valence-electron chi connectivity index (χ4n) is 5.34. The molecule has 0 aromatic heterocycles. The van der Waals surface area contributed by atoms with Crippen LogP contribution in [0.5, 0.6) is 0 Å². The van der Waals surface area contributed by atoms with Crippen molar-refractivity contribution >= 4 is 23.2 Å². The highest BCUT2D eigenvalue weighted by atomic mass is 16.2. The Hall–Kier alpha value is -2.04. The van der Waals surface area contributed by atoms with Crippen LogP contribution in [0, 0.1) is 17.8 Å². The van der Waals surface area contributed by atoms with Gasteiger partial charge in [-0.3, -0.25) is 9.59 Å². The minimum atomic E-state index is -0.287. The third-order valence-corrected chi connectivity index (χ3v) is 6.83. The Morgan fingerprint density at radius 1 is 1.15 bits per heavy atom. The van der Waals surface area contributed by atoms with Crippen molar-refractivity contribution in [3.05, 3.63) is 24.3 Å². The van der Waals surface area contributed by atoms with Crippen LogP contribution in [-0.2, 0) is 9.59 Å². The van der Waals surface area contributed by atoms with E-state index < -0.39 is 0 Å². The third-order valence-electron chi connectivity index (χ3n) is 6.83. The molecular weight excluding hydrogens is 338 g/mol. The van der Waals surface area contributed by atoms with Gasteiger partial charge in [0.15, 0.2) is 0 Å². The Labute approximate surface area is 161 Å². The molecule has 2 bridgehead atoms. The summed E-state index contributed by atoms with van der Waals surface area (Å²) in [6.45, 7) is 4.87. The third kappa shape index (κ3) is 3.83. The lowest BCUT2D eigenvalue weighted by Crippen LogP contribution is -2.46. The van der Waals surface area contributed by atoms with Crippen molar-refractivity contribution in [2.75, 3.05) is 16.8 Å². The zero-order valence-corrected chi connectivity index (χ0v) is 16.4. The van der Waals surface area contributed by atoms with Gasteiger partial charge in [0.25, 0.3) is 0 Å². The molecule has 2 amide bonds. The lowest BCUT2D eigenvalue weighted by molar-refractivity contribution is -0.122. The molecule has 1 saturated heterocycles. The number of rotatable bonds is 6. The van der Waals surface area contributed by atoms with E-state index >= 15 is 0 Å². The highest BCUT2D eigenvalue weighted by Gasteiger charge is 2.42. The maximum atomic E-state index is 12.6. The van der Waals surface area contributed by atoms with E-state index in [0.717, 1.165) is 36.2 Å². The van der Waals surface area contributed by atoms with Gasteiger partial charge in [0.1, 0.15) is 6.04 Å². The average molecular weight is 370 g/mol. The van der Waals surface area contributed by atoms with E-state index in [4.69, 9.17) is 0 Å². The lowest BCUT2D eigenvalue weighted by Gasteiger charge is -2.29. The Bertz CT molecular complexity index is 702. The van der Waals surface area contributed by atoms with Crippen molar-refractivity contribution < 1.29 is 9.59 Å². The molecule has 1 heterocycles. The minimum Gasteiger partial charge on any atom is -0.374 e. The van der Waals surface area contributed by atoms with Gasteiger partial charge >= 0.3 is 0 Å². The first-order valence-electron chi connectivity index (χ1n) is 10.5. The number of carbonyl (C=O) groups is 2. The molecule has 3 aliphatic rings. The number of hydrogen-bond donors (Lipinski definition) is 2. The lowest BCUT2D eigenvalue weighted by atomic mass is 9.84. The molecule has 3 fully saturated rings. The normalized spacial score (nSPS) is 29.0. The van der Waals surface area contributed by atoms with Crippen molar-refractivity contribution in [2.24, 2.45) is 17.8 Å². The van der Waals surface area contributed by atoms with Crippen LogP contribution in [0.1, 0.15) is 52.4 Å². The summed E-state index contributed by atoms with van der Waals surface area (Å²) >= 11 is 0. The summed E-state index contributed by atoms with van der Waals surface area (Å²) in [7, 11) is 0. The van der Waals surface area contributed by atoms with Crippen LogP contribution in [0.15, 0.2) is 24.3 Å². The molecule has 2 aliphatic carbocycles. The zero-order valence-electron chi connectivity index (χ0n) is 16.4. The average Bonchev–Trinajstić information content (AvgIpc) is 3.39. The Balaban J connectivity index is 1.29.